The summed E-state index contributed by atoms with van der Waals surface area (Å²) in [5.41, 5.74) is 2.01. The van der Waals surface area contributed by atoms with Crippen LogP contribution in [0.15, 0.2) is 60.7 Å². The summed E-state index contributed by atoms with van der Waals surface area (Å²) in [7, 11) is 1.83. The SMILES string of the molecule is C[C@H]1[C@@H](c2ccccc2)N(C#Cc2ccccc2)C(=O)N1C. The maximum atomic E-state index is 12.5. The van der Waals surface area contributed by atoms with E-state index in [9.17, 15) is 4.79 Å². The Morgan fingerprint density at radius 2 is 1.55 bits per heavy atom. The maximum absolute atomic E-state index is 12.5. The Hall–Kier alpha value is -2.73. The van der Waals surface area contributed by atoms with Crippen molar-refractivity contribution in [3.8, 4) is 12.0 Å². The van der Waals surface area contributed by atoms with E-state index in [-0.39, 0.29) is 18.1 Å². The van der Waals surface area contributed by atoms with Crippen molar-refractivity contribution in [1.29, 1.82) is 0 Å². The van der Waals surface area contributed by atoms with Gasteiger partial charge in [0.15, 0.2) is 0 Å². The first-order valence-corrected chi connectivity index (χ1v) is 7.36. The molecule has 0 unspecified atom stereocenters. The molecule has 3 rings (SSSR count). The van der Waals surface area contributed by atoms with Crippen molar-refractivity contribution in [2.75, 3.05) is 7.05 Å². The van der Waals surface area contributed by atoms with E-state index in [4.69, 9.17) is 0 Å². The molecule has 0 aromatic heterocycles. The molecule has 1 fully saturated rings. The zero-order valence-electron chi connectivity index (χ0n) is 12.7. The Balaban J connectivity index is 1.96. The molecule has 2 amide bonds. The van der Waals surface area contributed by atoms with Crippen LogP contribution in [0.5, 0.6) is 0 Å². The molecule has 1 heterocycles. The lowest BCUT2D eigenvalue weighted by Crippen LogP contribution is -2.28. The van der Waals surface area contributed by atoms with Crippen LogP contribution in [0.4, 0.5) is 4.79 Å². The summed E-state index contributed by atoms with van der Waals surface area (Å²) >= 11 is 0. The van der Waals surface area contributed by atoms with Crippen LogP contribution in [-0.4, -0.2) is 28.9 Å². The highest BCUT2D eigenvalue weighted by molar-refractivity contribution is 5.80. The zero-order valence-corrected chi connectivity index (χ0v) is 12.7. The van der Waals surface area contributed by atoms with Gasteiger partial charge in [0.05, 0.1) is 12.1 Å². The van der Waals surface area contributed by atoms with Crippen molar-refractivity contribution in [1.82, 2.24) is 9.80 Å². The first-order valence-electron chi connectivity index (χ1n) is 7.36. The van der Waals surface area contributed by atoms with Crippen LogP contribution in [0.1, 0.15) is 24.1 Å². The highest BCUT2D eigenvalue weighted by atomic mass is 16.2. The van der Waals surface area contributed by atoms with Gasteiger partial charge in [0, 0.05) is 18.7 Å². The molecule has 0 bridgehead atoms. The van der Waals surface area contributed by atoms with Crippen molar-refractivity contribution in [3.05, 3.63) is 71.8 Å². The first-order chi connectivity index (χ1) is 10.7. The predicted octanol–water partition coefficient (Wildman–Crippen LogP) is 3.49. The zero-order chi connectivity index (χ0) is 15.5. The topological polar surface area (TPSA) is 23.6 Å². The van der Waals surface area contributed by atoms with Crippen molar-refractivity contribution in [2.45, 2.75) is 19.0 Å². The Morgan fingerprint density at radius 1 is 0.955 bits per heavy atom. The Kier molecular flexibility index (Phi) is 3.84. The van der Waals surface area contributed by atoms with E-state index >= 15 is 0 Å². The number of carbonyl (C=O) groups is 1. The number of benzene rings is 2. The van der Waals surface area contributed by atoms with Crippen LogP contribution in [0.25, 0.3) is 0 Å². The molecule has 1 aliphatic heterocycles. The van der Waals surface area contributed by atoms with E-state index in [1.165, 1.54) is 0 Å². The lowest BCUT2D eigenvalue weighted by atomic mass is 10.0. The highest BCUT2D eigenvalue weighted by Crippen LogP contribution is 2.33. The van der Waals surface area contributed by atoms with Gasteiger partial charge < -0.3 is 4.90 Å². The number of amides is 2. The molecule has 0 spiro atoms. The van der Waals surface area contributed by atoms with Crippen LogP contribution >= 0.6 is 0 Å². The van der Waals surface area contributed by atoms with E-state index in [0.29, 0.717) is 0 Å². The fraction of sp³-hybridized carbons (Fsp3) is 0.211. The molecule has 0 aliphatic carbocycles. The predicted molar refractivity (Wildman–Crippen MR) is 87.0 cm³/mol. The Morgan fingerprint density at radius 3 is 2.18 bits per heavy atom. The van der Waals surface area contributed by atoms with Crippen molar-refractivity contribution in [3.63, 3.8) is 0 Å². The minimum absolute atomic E-state index is 0.0464. The molecule has 2 aromatic rings. The molecule has 1 aliphatic rings. The maximum Gasteiger partial charge on any atom is 0.332 e. The highest BCUT2D eigenvalue weighted by Gasteiger charge is 2.41. The number of hydrogen-bond acceptors (Lipinski definition) is 1. The molecule has 0 saturated carbocycles. The third-order valence-electron chi connectivity index (χ3n) is 4.09. The third-order valence-corrected chi connectivity index (χ3v) is 4.09. The molecule has 1 saturated heterocycles. The summed E-state index contributed by atoms with van der Waals surface area (Å²) in [4.78, 5) is 15.9. The van der Waals surface area contributed by atoms with Crippen LogP contribution in [0, 0.1) is 12.0 Å². The van der Waals surface area contributed by atoms with E-state index < -0.39 is 0 Å². The molecule has 22 heavy (non-hydrogen) atoms. The van der Waals surface area contributed by atoms with Crippen molar-refractivity contribution in [2.24, 2.45) is 0 Å². The number of nitrogens with zero attached hydrogens (tertiary/aromatic N) is 2. The van der Waals surface area contributed by atoms with Crippen molar-refractivity contribution >= 4 is 6.03 Å². The van der Waals surface area contributed by atoms with Gasteiger partial charge in [0.25, 0.3) is 0 Å². The fourth-order valence-electron chi connectivity index (χ4n) is 2.73. The standard InChI is InChI=1S/C19H18N2O/c1-15-18(17-11-7-4-8-12-17)21(19(22)20(15)2)14-13-16-9-5-3-6-10-16/h3-12,15,18H,1-2H3/t15-,18-/m0/s1. The second kappa shape index (κ2) is 5.95. The summed E-state index contributed by atoms with van der Waals surface area (Å²) in [6.45, 7) is 2.06. The lowest BCUT2D eigenvalue weighted by molar-refractivity contribution is 0.206. The summed E-state index contributed by atoms with van der Waals surface area (Å²) in [6.07, 6.45) is 0. The normalized spacial score (nSPS) is 20.7. The van der Waals surface area contributed by atoms with E-state index in [1.807, 2.05) is 67.7 Å². The minimum Gasteiger partial charge on any atom is -0.322 e. The van der Waals surface area contributed by atoms with Gasteiger partial charge in [0.2, 0.25) is 0 Å². The van der Waals surface area contributed by atoms with Gasteiger partial charge in [-0.3, -0.25) is 0 Å². The van der Waals surface area contributed by atoms with Gasteiger partial charge in [-0.1, -0.05) is 48.5 Å². The second-order valence-corrected chi connectivity index (χ2v) is 5.46. The fourth-order valence-corrected chi connectivity index (χ4v) is 2.73. The van der Waals surface area contributed by atoms with Crippen LogP contribution in [-0.2, 0) is 0 Å². The average Bonchev–Trinajstić information content (AvgIpc) is 2.78. The number of likely N-dealkylation sites (N-methyl/N-ethyl adjacent to an activating group) is 1. The van der Waals surface area contributed by atoms with Gasteiger partial charge >= 0.3 is 6.03 Å². The number of carbonyl (C=O) groups excluding carboxylic acids is 1. The number of hydrogen-bond donors (Lipinski definition) is 0. The molecule has 3 nitrogen and oxygen atoms in total. The molecular formula is C19H18N2O. The summed E-state index contributed by atoms with van der Waals surface area (Å²) in [5.74, 6) is 3.09. The van der Waals surface area contributed by atoms with E-state index in [0.717, 1.165) is 11.1 Å². The Bertz CT molecular complexity index is 715. The smallest absolute Gasteiger partial charge is 0.322 e. The van der Waals surface area contributed by atoms with Crippen LogP contribution in [0.2, 0.25) is 0 Å². The quantitative estimate of drug-likeness (QED) is 0.737. The molecule has 0 radical (unpaired) electrons. The lowest BCUT2D eigenvalue weighted by Gasteiger charge is -2.21. The van der Waals surface area contributed by atoms with Crippen LogP contribution in [0.3, 0.4) is 0 Å². The third kappa shape index (κ3) is 2.56. The number of urea groups is 1. The van der Waals surface area contributed by atoms with Gasteiger partial charge in [-0.05, 0) is 30.5 Å². The first kappa shape index (κ1) is 14.2. The minimum atomic E-state index is -0.0511. The summed E-state index contributed by atoms with van der Waals surface area (Å²) in [6, 6.07) is 22.8. The van der Waals surface area contributed by atoms with Gasteiger partial charge in [-0.15, -0.1) is 0 Å². The van der Waals surface area contributed by atoms with Gasteiger partial charge in [0.1, 0.15) is 0 Å². The van der Waals surface area contributed by atoms with Crippen molar-refractivity contribution < 1.29 is 4.79 Å². The molecular weight excluding hydrogens is 272 g/mol. The summed E-state index contributed by atoms with van der Waals surface area (Å²) < 4.78 is 0. The molecule has 2 atom stereocenters. The molecule has 0 N–H and O–H groups in total. The van der Waals surface area contributed by atoms with Crippen LogP contribution < -0.4 is 0 Å². The largest absolute Gasteiger partial charge is 0.332 e. The van der Waals surface area contributed by atoms with E-state index in [1.54, 1.807) is 9.80 Å². The summed E-state index contributed by atoms with van der Waals surface area (Å²) in [5, 5.41) is 0. The van der Waals surface area contributed by atoms with Gasteiger partial charge in [-0.2, -0.15) is 0 Å². The van der Waals surface area contributed by atoms with E-state index in [2.05, 4.69) is 18.9 Å². The Labute approximate surface area is 131 Å². The monoisotopic (exact) mass is 290 g/mol. The number of rotatable bonds is 1. The average molecular weight is 290 g/mol. The van der Waals surface area contributed by atoms with Gasteiger partial charge in [-0.25, -0.2) is 9.69 Å². The molecule has 110 valence electrons. The second-order valence-electron chi connectivity index (χ2n) is 5.46. The molecule has 3 heteroatoms. The molecule has 2 aromatic carbocycles.